The molecule has 0 aliphatic heterocycles. The number of hydrogen-bond donors (Lipinski definition) is 1. The van der Waals surface area contributed by atoms with Crippen molar-refractivity contribution in [2.24, 2.45) is 0 Å². The maximum atomic E-state index is 10.3. The molecular formula is C6H15NO5S. The van der Waals surface area contributed by atoms with Gasteiger partial charge in [-0.25, -0.2) is 4.18 Å². The summed E-state index contributed by atoms with van der Waals surface area (Å²) >= 11 is 0. The van der Waals surface area contributed by atoms with E-state index in [1.807, 2.05) is 0 Å². The quantitative estimate of drug-likeness (QED) is 0.483. The fraction of sp³-hybridized carbons (Fsp3) is 1.00. The average molecular weight is 213 g/mol. The van der Waals surface area contributed by atoms with Crippen molar-refractivity contribution in [2.45, 2.75) is 13.2 Å². The molecule has 0 heterocycles. The van der Waals surface area contributed by atoms with Crippen LogP contribution in [0.25, 0.3) is 0 Å². The van der Waals surface area contributed by atoms with Crippen LogP contribution in [0.2, 0.25) is 0 Å². The predicted molar refractivity (Wildman–Crippen MR) is 46.6 cm³/mol. The summed E-state index contributed by atoms with van der Waals surface area (Å²) in [6, 6.07) is 0. The topological polar surface area (TPSA) is 76.1 Å². The summed E-state index contributed by atoms with van der Waals surface area (Å²) in [7, 11) is -0.972. The van der Waals surface area contributed by atoms with Gasteiger partial charge in [0.05, 0.1) is 6.54 Å². The smallest absolute Gasteiger partial charge is 0.350 e. The van der Waals surface area contributed by atoms with Crippen LogP contribution in [-0.2, 0) is 19.3 Å². The normalized spacial score (nSPS) is 14.8. The van der Waals surface area contributed by atoms with Crippen LogP contribution in [0, 0.1) is 0 Å². The van der Waals surface area contributed by atoms with Gasteiger partial charge in [-0.3, -0.25) is 4.55 Å². The number of hydrogen-bond acceptors (Lipinski definition) is 5. The van der Waals surface area contributed by atoms with Crippen LogP contribution in [0.4, 0.5) is 0 Å². The third-order valence-corrected chi connectivity index (χ3v) is 1.55. The summed E-state index contributed by atoms with van der Waals surface area (Å²) in [6.07, 6.45) is -0.963. The monoisotopic (exact) mass is 213 g/mol. The molecule has 0 spiro atoms. The van der Waals surface area contributed by atoms with E-state index in [9.17, 15) is 8.42 Å². The summed E-state index contributed by atoms with van der Waals surface area (Å²) in [5.74, 6) is 0. The van der Waals surface area contributed by atoms with Gasteiger partial charge < -0.3 is 9.64 Å². The largest absolute Gasteiger partial charge is 0.399 e. The Morgan fingerprint density at radius 2 is 2.00 bits per heavy atom. The van der Waals surface area contributed by atoms with Crippen molar-refractivity contribution < 1.29 is 21.9 Å². The van der Waals surface area contributed by atoms with Crippen molar-refractivity contribution in [3.63, 3.8) is 0 Å². The first-order valence-corrected chi connectivity index (χ1v) is 5.13. The van der Waals surface area contributed by atoms with Crippen molar-refractivity contribution in [1.82, 2.24) is 4.90 Å². The Morgan fingerprint density at radius 1 is 1.46 bits per heavy atom. The molecule has 0 aromatic carbocycles. The van der Waals surface area contributed by atoms with E-state index >= 15 is 0 Å². The van der Waals surface area contributed by atoms with Gasteiger partial charge in [0, 0.05) is 6.61 Å². The van der Waals surface area contributed by atoms with Crippen LogP contribution in [0.5, 0.6) is 0 Å². The minimum Gasteiger partial charge on any atom is -0.350 e. The van der Waals surface area contributed by atoms with E-state index in [0.29, 0.717) is 6.61 Å². The molecule has 0 radical (unpaired) electrons. The third-order valence-electron chi connectivity index (χ3n) is 1.10. The highest BCUT2D eigenvalue weighted by molar-refractivity contribution is 7.80. The average Bonchev–Trinajstić information content (AvgIpc) is 1.81. The lowest BCUT2D eigenvalue weighted by molar-refractivity contribution is -0.0867. The molecule has 1 N–H and O–H groups in total. The molecule has 1 atom stereocenters. The number of ether oxygens (including phenoxy) is 1. The van der Waals surface area contributed by atoms with E-state index in [2.05, 4.69) is 4.18 Å². The van der Waals surface area contributed by atoms with Gasteiger partial charge in [0.2, 0.25) is 0 Å². The number of rotatable bonds is 6. The lowest BCUT2D eigenvalue weighted by Crippen LogP contribution is -2.32. The van der Waals surface area contributed by atoms with Gasteiger partial charge in [-0.05, 0) is 21.0 Å². The fourth-order valence-corrected chi connectivity index (χ4v) is 1.12. The zero-order valence-corrected chi connectivity index (χ0v) is 8.74. The lowest BCUT2D eigenvalue weighted by atomic mass is 10.6. The highest BCUT2D eigenvalue weighted by Crippen LogP contribution is 2.00. The Morgan fingerprint density at radius 3 is 2.31 bits per heavy atom. The molecule has 7 heteroatoms. The molecule has 13 heavy (non-hydrogen) atoms. The van der Waals surface area contributed by atoms with Crippen LogP contribution in [0.1, 0.15) is 6.92 Å². The molecule has 0 saturated carbocycles. The van der Waals surface area contributed by atoms with Crippen LogP contribution >= 0.6 is 0 Å². The van der Waals surface area contributed by atoms with E-state index in [1.165, 1.54) is 0 Å². The first-order chi connectivity index (χ1) is 5.85. The second-order valence-corrected chi connectivity index (χ2v) is 3.72. The second kappa shape index (κ2) is 5.51. The standard InChI is InChI=1S/C6H15NO5S/c1-4-11-6(5-7(2)3)12-13(8,9)10/h6H,4-5H2,1-3H3,(H,8,9,10). The summed E-state index contributed by atoms with van der Waals surface area (Å²) < 4.78 is 38.2. The van der Waals surface area contributed by atoms with Crippen LogP contribution < -0.4 is 0 Å². The van der Waals surface area contributed by atoms with Crippen LogP contribution in [0.15, 0.2) is 0 Å². The Bertz CT molecular complexity index is 225. The van der Waals surface area contributed by atoms with E-state index in [1.54, 1.807) is 25.9 Å². The van der Waals surface area contributed by atoms with E-state index < -0.39 is 16.7 Å². The summed E-state index contributed by atoms with van der Waals surface area (Å²) in [5, 5.41) is 0. The highest BCUT2D eigenvalue weighted by atomic mass is 32.3. The van der Waals surface area contributed by atoms with Crippen molar-refractivity contribution in [2.75, 3.05) is 27.2 Å². The molecule has 80 valence electrons. The molecule has 0 saturated heterocycles. The van der Waals surface area contributed by atoms with Crippen LogP contribution in [0.3, 0.4) is 0 Å². The molecule has 0 aliphatic carbocycles. The van der Waals surface area contributed by atoms with Gasteiger partial charge >= 0.3 is 10.4 Å². The molecule has 6 nitrogen and oxygen atoms in total. The highest BCUT2D eigenvalue weighted by Gasteiger charge is 2.17. The molecule has 0 aromatic rings. The van der Waals surface area contributed by atoms with E-state index in [4.69, 9.17) is 9.29 Å². The van der Waals surface area contributed by atoms with Gasteiger partial charge in [0.1, 0.15) is 0 Å². The van der Waals surface area contributed by atoms with Gasteiger partial charge in [0.15, 0.2) is 6.29 Å². The fourth-order valence-electron chi connectivity index (χ4n) is 0.731. The van der Waals surface area contributed by atoms with Crippen LogP contribution in [-0.4, -0.2) is 51.4 Å². The van der Waals surface area contributed by atoms with Crippen molar-refractivity contribution in [3.05, 3.63) is 0 Å². The molecule has 0 rings (SSSR count). The minimum absolute atomic E-state index is 0.258. The maximum absolute atomic E-state index is 10.3. The van der Waals surface area contributed by atoms with Gasteiger partial charge in [-0.1, -0.05) is 0 Å². The predicted octanol–water partition coefficient (Wildman–Crippen LogP) is -0.270. The summed E-state index contributed by atoms with van der Waals surface area (Å²) in [4.78, 5) is 1.69. The van der Waals surface area contributed by atoms with E-state index in [0.717, 1.165) is 0 Å². The van der Waals surface area contributed by atoms with E-state index in [-0.39, 0.29) is 6.54 Å². The summed E-state index contributed by atoms with van der Waals surface area (Å²) in [6.45, 7) is 2.28. The van der Waals surface area contributed by atoms with Gasteiger partial charge in [-0.2, -0.15) is 8.42 Å². The van der Waals surface area contributed by atoms with Crippen molar-refractivity contribution in [3.8, 4) is 0 Å². The minimum atomic E-state index is -4.44. The Labute approximate surface area is 78.4 Å². The second-order valence-electron chi connectivity index (χ2n) is 2.67. The number of likely N-dealkylation sites (N-methyl/N-ethyl adjacent to an activating group) is 1. The first kappa shape index (κ1) is 12.8. The van der Waals surface area contributed by atoms with Gasteiger partial charge in [-0.15, -0.1) is 0 Å². The molecule has 0 fully saturated rings. The van der Waals surface area contributed by atoms with Crippen molar-refractivity contribution in [1.29, 1.82) is 0 Å². The molecule has 0 aliphatic rings. The van der Waals surface area contributed by atoms with Crippen molar-refractivity contribution >= 4 is 10.4 Å². The third kappa shape index (κ3) is 8.13. The molecule has 0 aromatic heterocycles. The molecule has 1 unspecified atom stereocenters. The SMILES string of the molecule is CCOC(CN(C)C)OS(=O)(=O)O. The van der Waals surface area contributed by atoms with Gasteiger partial charge in [0.25, 0.3) is 0 Å². The first-order valence-electron chi connectivity index (χ1n) is 3.77. The Balaban J connectivity index is 4.10. The lowest BCUT2D eigenvalue weighted by Gasteiger charge is -2.18. The molecular weight excluding hydrogens is 198 g/mol. The molecule has 0 bridgehead atoms. The maximum Gasteiger partial charge on any atom is 0.399 e. The zero-order valence-electron chi connectivity index (χ0n) is 7.93. The Kier molecular flexibility index (Phi) is 5.42. The summed E-state index contributed by atoms with van der Waals surface area (Å²) in [5.41, 5.74) is 0. The number of nitrogens with zero attached hydrogens (tertiary/aromatic N) is 1. The zero-order chi connectivity index (χ0) is 10.5. The Hall–Kier alpha value is -0.210. The molecule has 0 amide bonds.